The third-order valence-electron chi connectivity index (χ3n) is 5.04. The SMILES string of the molecule is C#CCO[C@H]1C[C@H](n2cc(C(F)(F)F)c(=O)[nH]c2=O)O[C@@H]1COC(=O)CCCCCCC. The number of rotatable bonds is 11. The first-order chi connectivity index (χ1) is 15.2. The van der Waals surface area contributed by atoms with Gasteiger partial charge in [-0.3, -0.25) is 19.1 Å². The van der Waals surface area contributed by atoms with Crippen LogP contribution in [0.2, 0.25) is 0 Å². The second-order valence-corrected chi connectivity index (χ2v) is 7.47. The molecule has 0 spiro atoms. The van der Waals surface area contributed by atoms with Crippen LogP contribution < -0.4 is 11.2 Å². The predicted octanol–water partition coefficient (Wildman–Crippen LogP) is 2.77. The molecule has 1 saturated heterocycles. The van der Waals surface area contributed by atoms with Crippen molar-refractivity contribution in [2.45, 2.75) is 76.5 Å². The molecule has 0 aliphatic carbocycles. The monoisotopic (exact) mass is 460 g/mol. The molecular formula is C21H27F3N2O6. The van der Waals surface area contributed by atoms with Gasteiger partial charge in [0.25, 0.3) is 5.56 Å². The van der Waals surface area contributed by atoms with Crippen molar-refractivity contribution in [3.05, 3.63) is 32.6 Å². The third-order valence-corrected chi connectivity index (χ3v) is 5.04. The first-order valence-corrected chi connectivity index (χ1v) is 10.5. The molecule has 11 heteroatoms. The number of aromatic amines is 1. The maximum absolute atomic E-state index is 13.1. The molecule has 1 aliphatic heterocycles. The molecule has 0 amide bonds. The molecule has 0 aromatic carbocycles. The van der Waals surface area contributed by atoms with E-state index in [2.05, 4.69) is 12.8 Å². The number of esters is 1. The number of nitrogens with one attached hydrogen (secondary N) is 1. The molecular weight excluding hydrogens is 433 g/mol. The Kier molecular flexibility index (Phi) is 9.53. The Morgan fingerprint density at radius 2 is 2.03 bits per heavy atom. The highest BCUT2D eigenvalue weighted by molar-refractivity contribution is 5.69. The summed E-state index contributed by atoms with van der Waals surface area (Å²) in [6.07, 6.45) is 2.97. The molecule has 8 nitrogen and oxygen atoms in total. The molecule has 32 heavy (non-hydrogen) atoms. The van der Waals surface area contributed by atoms with Crippen molar-refractivity contribution in [2.24, 2.45) is 0 Å². The van der Waals surface area contributed by atoms with E-state index in [9.17, 15) is 27.6 Å². The molecule has 1 aliphatic rings. The lowest BCUT2D eigenvalue weighted by molar-refractivity contribution is -0.151. The van der Waals surface area contributed by atoms with Crippen LogP contribution in [0.25, 0.3) is 0 Å². The number of alkyl halides is 3. The Hall–Kier alpha value is -2.58. The first kappa shape index (κ1) is 25.7. The fourth-order valence-corrected chi connectivity index (χ4v) is 3.37. The number of H-pyrrole nitrogens is 1. The molecule has 0 radical (unpaired) electrons. The Labute approximate surface area is 183 Å². The van der Waals surface area contributed by atoms with E-state index < -0.39 is 47.4 Å². The smallest absolute Gasteiger partial charge is 0.423 e. The highest BCUT2D eigenvalue weighted by atomic mass is 19.4. The van der Waals surface area contributed by atoms with Gasteiger partial charge in [-0.1, -0.05) is 38.5 Å². The summed E-state index contributed by atoms with van der Waals surface area (Å²) < 4.78 is 56.2. The molecule has 1 fully saturated rings. The average molecular weight is 460 g/mol. The predicted molar refractivity (Wildman–Crippen MR) is 108 cm³/mol. The molecule has 2 heterocycles. The second-order valence-electron chi connectivity index (χ2n) is 7.47. The second kappa shape index (κ2) is 11.9. The van der Waals surface area contributed by atoms with Crippen LogP contribution in [0.5, 0.6) is 0 Å². The summed E-state index contributed by atoms with van der Waals surface area (Å²) in [5.41, 5.74) is -4.13. The van der Waals surface area contributed by atoms with Crippen molar-refractivity contribution in [1.82, 2.24) is 9.55 Å². The highest BCUT2D eigenvalue weighted by Crippen LogP contribution is 2.32. The lowest BCUT2D eigenvalue weighted by atomic mass is 10.1. The van der Waals surface area contributed by atoms with Crippen LogP contribution in [0.1, 0.15) is 63.7 Å². The summed E-state index contributed by atoms with van der Waals surface area (Å²) in [5.74, 6) is 1.85. The van der Waals surface area contributed by atoms with E-state index in [0.717, 1.165) is 25.7 Å². The van der Waals surface area contributed by atoms with Gasteiger partial charge in [-0.15, -0.1) is 6.42 Å². The van der Waals surface area contributed by atoms with Gasteiger partial charge in [0, 0.05) is 19.0 Å². The van der Waals surface area contributed by atoms with Crippen LogP contribution in [0.3, 0.4) is 0 Å². The number of halogens is 3. The quantitative estimate of drug-likeness (QED) is 0.310. The molecule has 1 aromatic rings. The first-order valence-electron chi connectivity index (χ1n) is 10.5. The number of hydrogen-bond acceptors (Lipinski definition) is 6. The van der Waals surface area contributed by atoms with E-state index >= 15 is 0 Å². The van der Waals surface area contributed by atoms with Gasteiger partial charge in [0.05, 0.1) is 6.10 Å². The van der Waals surface area contributed by atoms with Crippen molar-refractivity contribution in [3.63, 3.8) is 0 Å². The van der Waals surface area contributed by atoms with Gasteiger partial charge in [0.2, 0.25) is 0 Å². The Morgan fingerprint density at radius 3 is 2.69 bits per heavy atom. The summed E-state index contributed by atoms with van der Waals surface area (Å²) in [7, 11) is 0. The largest absolute Gasteiger partial charge is 0.463 e. The van der Waals surface area contributed by atoms with E-state index in [1.807, 2.05) is 0 Å². The molecule has 3 atom stereocenters. The number of hydrogen-bond donors (Lipinski definition) is 1. The van der Waals surface area contributed by atoms with Gasteiger partial charge in [-0.05, 0) is 6.42 Å². The van der Waals surface area contributed by atoms with Gasteiger partial charge >= 0.3 is 17.8 Å². The van der Waals surface area contributed by atoms with E-state index in [1.165, 1.54) is 0 Å². The number of ether oxygens (including phenoxy) is 3. The minimum absolute atomic E-state index is 0.0236. The molecule has 178 valence electrons. The summed E-state index contributed by atoms with van der Waals surface area (Å²) in [5, 5.41) is 0. The molecule has 2 rings (SSSR count). The molecule has 1 N–H and O–H groups in total. The molecule has 0 unspecified atom stereocenters. The zero-order valence-corrected chi connectivity index (χ0v) is 17.8. The topological polar surface area (TPSA) is 99.6 Å². The minimum atomic E-state index is -4.95. The lowest BCUT2D eigenvalue weighted by Gasteiger charge is -2.18. The lowest BCUT2D eigenvalue weighted by Crippen LogP contribution is -2.36. The van der Waals surface area contributed by atoms with Gasteiger partial charge in [-0.25, -0.2) is 4.79 Å². The fraction of sp³-hybridized carbons (Fsp3) is 0.667. The Bertz CT molecular complexity index is 918. The van der Waals surface area contributed by atoms with E-state index in [4.69, 9.17) is 20.6 Å². The fourth-order valence-electron chi connectivity index (χ4n) is 3.37. The number of aromatic nitrogens is 2. The minimum Gasteiger partial charge on any atom is -0.463 e. The van der Waals surface area contributed by atoms with Gasteiger partial charge in [-0.2, -0.15) is 13.2 Å². The van der Waals surface area contributed by atoms with Crippen molar-refractivity contribution in [1.29, 1.82) is 0 Å². The van der Waals surface area contributed by atoms with Crippen LogP contribution in [0.15, 0.2) is 15.8 Å². The van der Waals surface area contributed by atoms with E-state index in [-0.39, 0.29) is 26.1 Å². The summed E-state index contributed by atoms with van der Waals surface area (Å²) in [6.45, 7) is 1.79. The normalized spacial score (nSPS) is 20.8. The van der Waals surface area contributed by atoms with Gasteiger partial charge in [0.15, 0.2) is 0 Å². The summed E-state index contributed by atoms with van der Waals surface area (Å²) in [4.78, 5) is 37.2. The summed E-state index contributed by atoms with van der Waals surface area (Å²) >= 11 is 0. The Balaban J connectivity index is 2.06. The zero-order chi connectivity index (χ0) is 23.7. The van der Waals surface area contributed by atoms with E-state index in [0.29, 0.717) is 17.2 Å². The van der Waals surface area contributed by atoms with Crippen molar-refractivity contribution >= 4 is 5.97 Å². The maximum atomic E-state index is 13.1. The number of carbonyl (C=O) groups is 1. The highest BCUT2D eigenvalue weighted by Gasteiger charge is 2.40. The Morgan fingerprint density at radius 1 is 1.31 bits per heavy atom. The van der Waals surface area contributed by atoms with E-state index in [1.54, 1.807) is 4.98 Å². The van der Waals surface area contributed by atoms with Crippen LogP contribution >= 0.6 is 0 Å². The van der Waals surface area contributed by atoms with Crippen LogP contribution in [0, 0.1) is 12.3 Å². The molecule has 0 saturated carbocycles. The van der Waals surface area contributed by atoms with Gasteiger partial charge < -0.3 is 14.2 Å². The average Bonchev–Trinajstić information content (AvgIpc) is 3.12. The van der Waals surface area contributed by atoms with Crippen molar-refractivity contribution < 1.29 is 32.2 Å². The number of terminal acetylenes is 1. The molecule has 1 aromatic heterocycles. The van der Waals surface area contributed by atoms with Crippen molar-refractivity contribution in [3.8, 4) is 12.3 Å². The maximum Gasteiger partial charge on any atom is 0.423 e. The van der Waals surface area contributed by atoms with Crippen LogP contribution in [0.4, 0.5) is 13.2 Å². The van der Waals surface area contributed by atoms with Gasteiger partial charge in [0.1, 0.15) is 31.1 Å². The number of nitrogens with zero attached hydrogens (tertiary/aromatic N) is 1. The molecule has 0 bridgehead atoms. The standard InChI is InChI=1S/C21H27F3N2O6/c1-3-5-6-7-8-9-18(27)31-13-16-15(30-10-4-2)11-17(32-16)26-12-14(21(22,23)24)19(28)25-20(26)29/h2,12,15-17H,3,5-11,13H2,1H3,(H,25,28,29)/t15-,16+,17+/m0/s1. The third kappa shape index (κ3) is 7.24. The van der Waals surface area contributed by atoms with Crippen molar-refractivity contribution in [2.75, 3.05) is 13.2 Å². The zero-order valence-electron chi connectivity index (χ0n) is 17.8. The van der Waals surface area contributed by atoms with Crippen LogP contribution in [-0.2, 0) is 25.2 Å². The number of carbonyl (C=O) groups excluding carboxylic acids is 1. The summed E-state index contributed by atoms with van der Waals surface area (Å²) in [6, 6.07) is 0. The number of unbranched alkanes of at least 4 members (excludes halogenated alkanes) is 4. The van der Waals surface area contributed by atoms with Crippen LogP contribution in [-0.4, -0.2) is 40.9 Å².